The smallest absolute Gasteiger partial charge is 0.159 e. The van der Waals surface area contributed by atoms with E-state index in [0.29, 0.717) is 5.02 Å². The normalized spacial score (nSPS) is 12.3. The van der Waals surface area contributed by atoms with E-state index in [-0.39, 0.29) is 5.54 Å². The van der Waals surface area contributed by atoms with Crippen molar-refractivity contribution in [1.82, 2.24) is 14.8 Å². The van der Waals surface area contributed by atoms with E-state index in [0.717, 1.165) is 16.7 Å². The van der Waals surface area contributed by atoms with E-state index in [9.17, 15) is 0 Å². The molecule has 4 heteroatoms. The van der Waals surface area contributed by atoms with Crippen LogP contribution in [0.5, 0.6) is 0 Å². The Bertz CT molecular complexity index is 508. The fourth-order valence-electron chi connectivity index (χ4n) is 1.57. The first kappa shape index (κ1) is 10.4. The number of nitrogens with zero attached hydrogens (tertiary/aromatic N) is 3. The molecule has 0 amide bonds. The van der Waals surface area contributed by atoms with Crippen LogP contribution in [0.15, 0.2) is 12.3 Å². The molecule has 2 aromatic rings. The zero-order chi connectivity index (χ0) is 11.2. The topological polar surface area (TPSA) is 30.7 Å². The number of hydrogen-bond acceptors (Lipinski definition) is 2. The maximum absolute atomic E-state index is 6.13. The number of hydrogen-bond donors (Lipinski definition) is 0. The van der Waals surface area contributed by atoms with Gasteiger partial charge >= 0.3 is 0 Å². The van der Waals surface area contributed by atoms with Crippen LogP contribution >= 0.6 is 11.6 Å². The molecule has 3 nitrogen and oxygen atoms in total. The summed E-state index contributed by atoms with van der Waals surface area (Å²) in [4.78, 5) is 4.48. The van der Waals surface area contributed by atoms with Crippen LogP contribution in [0, 0.1) is 6.92 Å². The Kier molecular flexibility index (Phi) is 2.23. The highest BCUT2D eigenvalue weighted by Gasteiger charge is 2.18. The summed E-state index contributed by atoms with van der Waals surface area (Å²) in [7, 11) is 0. The lowest BCUT2D eigenvalue weighted by Gasteiger charge is -2.19. The fraction of sp³-hybridized carbons (Fsp3) is 0.455. The molecule has 0 radical (unpaired) electrons. The molecular weight excluding hydrogens is 210 g/mol. The number of pyridine rings is 1. The Morgan fingerprint density at radius 2 is 2.00 bits per heavy atom. The van der Waals surface area contributed by atoms with E-state index in [2.05, 4.69) is 30.9 Å². The molecule has 0 atom stereocenters. The van der Waals surface area contributed by atoms with Crippen LogP contribution in [0.3, 0.4) is 0 Å². The Hall–Kier alpha value is -1.09. The second-order valence-corrected chi connectivity index (χ2v) is 5.12. The third-order valence-corrected chi connectivity index (χ3v) is 2.57. The molecule has 0 aliphatic carbocycles. The van der Waals surface area contributed by atoms with Crippen LogP contribution in [0.4, 0.5) is 0 Å². The first-order valence-corrected chi connectivity index (χ1v) is 5.29. The summed E-state index contributed by atoms with van der Waals surface area (Å²) < 4.78 is 1.90. The number of fused-ring (bicyclic) bond motifs is 1. The second kappa shape index (κ2) is 3.20. The minimum Gasteiger partial charge on any atom is -0.242 e. The summed E-state index contributed by atoms with van der Waals surface area (Å²) in [6.45, 7) is 8.22. The van der Waals surface area contributed by atoms with Gasteiger partial charge in [-0.25, -0.2) is 9.67 Å². The van der Waals surface area contributed by atoms with Gasteiger partial charge in [0.05, 0.1) is 22.1 Å². The van der Waals surface area contributed by atoms with Gasteiger partial charge in [0.25, 0.3) is 0 Å². The van der Waals surface area contributed by atoms with Crippen molar-refractivity contribution in [3.05, 3.63) is 23.0 Å². The van der Waals surface area contributed by atoms with Gasteiger partial charge in [0, 0.05) is 5.69 Å². The number of rotatable bonds is 0. The molecule has 0 saturated heterocycles. The Balaban J connectivity index is 2.80. The van der Waals surface area contributed by atoms with Gasteiger partial charge in [0.1, 0.15) is 0 Å². The van der Waals surface area contributed by atoms with E-state index >= 15 is 0 Å². The van der Waals surface area contributed by atoms with Crippen LogP contribution in [-0.4, -0.2) is 14.8 Å². The lowest BCUT2D eigenvalue weighted by Crippen LogP contribution is -2.23. The van der Waals surface area contributed by atoms with Crippen molar-refractivity contribution in [3.8, 4) is 0 Å². The molecule has 0 N–H and O–H groups in total. The minimum atomic E-state index is -0.0775. The predicted octanol–water partition coefficient (Wildman–Crippen LogP) is 3.15. The summed E-state index contributed by atoms with van der Waals surface area (Å²) in [6, 6.07) is 1.86. The molecule has 0 spiro atoms. The average molecular weight is 224 g/mol. The van der Waals surface area contributed by atoms with Gasteiger partial charge in [-0.3, -0.25) is 0 Å². The molecule has 2 rings (SSSR count). The van der Waals surface area contributed by atoms with Crippen LogP contribution in [0.2, 0.25) is 5.02 Å². The molecule has 15 heavy (non-hydrogen) atoms. The highest BCUT2D eigenvalue weighted by Crippen LogP contribution is 2.26. The minimum absolute atomic E-state index is 0.0775. The number of halogens is 1. The van der Waals surface area contributed by atoms with Crippen molar-refractivity contribution in [3.63, 3.8) is 0 Å². The monoisotopic (exact) mass is 223 g/mol. The number of aromatic nitrogens is 3. The van der Waals surface area contributed by atoms with Gasteiger partial charge in [0.2, 0.25) is 0 Å². The largest absolute Gasteiger partial charge is 0.242 e. The molecule has 0 aliphatic heterocycles. The maximum atomic E-state index is 6.13. The van der Waals surface area contributed by atoms with Gasteiger partial charge in [-0.15, -0.1) is 0 Å². The first-order valence-electron chi connectivity index (χ1n) is 4.91. The lowest BCUT2D eigenvalue weighted by atomic mass is 10.1. The Morgan fingerprint density at radius 3 is 2.60 bits per heavy atom. The third kappa shape index (κ3) is 1.72. The van der Waals surface area contributed by atoms with E-state index in [1.165, 1.54) is 0 Å². The lowest BCUT2D eigenvalue weighted by molar-refractivity contribution is 0.366. The first-order chi connectivity index (χ1) is 6.89. The van der Waals surface area contributed by atoms with E-state index in [4.69, 9.17) is 11.6 Å². The summed E-state index contributed by atoms with van der Waals surface area (Å²) in [5.41, 5.74) is 1.69. The molecule has 0 saturated carbocycles. The summed E-state index contributed by atoms with van der Waals surface area (Å²) in [6.07, 6.45) is 1.77. The van der Waals surface area contributed by atoms with Crippen LogP contribution in [0.1, 0.15) is 26.5 Å². The van der Waals surface area contributed by atoms with Gasteiger partial charge < -0.3 is 0 Å². The van der Waals surface area contributed by atoms with Crippen LogP contribution < -0.4 is 0 Å². The zero-order valence-corrected chi connectivity index (χ0v) is 10.1. The van der Waals surface area contributed by atoms with Gasteiger partial charge in [-0.2, -0.15) is 5.10 Å². The molecule has 0 unspecified atom stereocenters. The molecule has 80 valence electrons. The van der Waals surface area contributed by atoms with Crippen LogP contribution in [-0.2, 0) is 5.54 Å². The summed E-state index contributed by atoms with van der Waals surface area (Å²) in [5.74, 6) is 0. The molecule has 0 aromatic carbocycles. The number of aryl methyl sites for hydroxylation is 1. The van der Waals surface area contributed by atoms with E-state index in [1.807, 2.05) is 17.7 Å². The van der Waals surface area contributed by atoms with Gasteiger partial charge in [-0.05, 0) is 33.8 Å². The van der Waals surface area contributed by atoms with Crippen molar-refractivity contribution in [1.29, 1.82) is 0 Å². The Labute approximate surface area is 94.1 Å². The van der Waals surface area contributed by atoms with Gasteiger partial charge in [0.15, 0.2) is 5.65 Å². The molecular formula is C11H14ClN3. The molecule has 0 bridgehead atoms. The summed E-state index contributed by atoms with van der Waals surface area (Å²) >= 11 is 6.13. The second-order valence-electron chi connectivity index (χ2n) is 4.71. The van der Waals surface area contributed by atoms with Crippen LogP contribution in [0.25, 0.3) is 11.0 Å². The highest BCUT2D eigenvalue weighted by atomic mass is 35.5. The highest BCUT2D eigenvalue weighted by molar-refractivity contribution is 6.35. The van der Waals surface area contributed by atoms with E-state index in [1.54, 1.807) is 6.20 Å². The van der Waals surface area contributed by atoms with Crippen molar-refractivity contribution in [2.75, 3.05) is 0 Å². The predicted molar refractivity (Wildman–Crippen MR) is 62.3 cm³/mol. The fourth-order valence-corrected chi connectivity index (χ4v) is 1.86. The standard InChI is InChI=1S/C11H14ClN3/c1-7-5-9(12)8-6-13-15(10(8)14-7)11(2,3)4/h5-6H,1-4H3. The third-order valence-electron chi connectivity index (χ3n) is 2.25. The molecule has 0 fully saturated rings. The molecule has 2 aromatic heterocycles. The SMILES string of the molecule is Cc1cc(Cl)c2cnn(C(C)(C)C)c2n1. The Morgan fingerprint density at radius 1 is 1.33 bits per heavy atom. The zero-order valence-electron chi connectivity index (χ0n) is 9.37. The van der Waals surface area contributed by atoms with Crippen molar-refractivity contribution in [2.24, 2.45) is 0 Å². The average Bonchev–Trinajstić information content (AvgIpc) is 2.45. The molecule has 0 aliphatic rings. The molecule has 2 heterocycles. The quantitative estimate of drug-likeness (QED) is 0.687. The van der Waals surface area contributed by atoms with Crippen molar-refractivity contribution in [2.45, 2.75) is 33.2 Å². The summed E-state index contributed by atoms with van der Waals surface area (Å²) in [5, 5.41) is 5.97. The van der Waals surface area contributed by atoms with Crippen molar-refractivity contribution >= 4 is 22.6 Å². The maximum Gasteiger partial charge on any atom is 0.159 e. The van der Waals surface area contributed by atoms with Gasteiger partial charge in [-0.1, -0.05) is 11.6 Å². The van der Waals surface area contributed by atoms with E-state index < -0.39 is 0 Å². The van der Waals surface area contributed by atoms with Crippen molar-refractivity contribution < 1.29 is 0 Å².